The highest BCUT2D eigenvalue weighted by Gasteiger charge is 2.48. The molecule has 0 saturated carbocycles. The van der Waals surface area contributed by atoms with Gasteiger partial charge in [-0.05, 0) is 61.4 Å². The Morgan fingerprint density at radius 3 is 2.51 bits per heavy atom. The Labute approximate surface area is 207 Å². The molecule has 8 heteroatoms. The molecule has 180 valence electrons. The first-order chi connectivity index (χ1) is 16.8. The van der Waals surface area contributed by atoms with Crippen molar-refractivity contribution in [3.8, 4) is 17.2 Å². The van der Waals surface area contributed by atoms with Crippen LogP contribution in [-0.2, 0) is 9.59 Å². The molecule has 35 heavy (non-hydrogen) atoms. The molecular weight excluding hydrogens is 470 g/mol. The van der Waals surface area contributed by atoms with Crippen LogP contribution < -0.4 is 14.4 Å². The number of para-hydroxylation sites is 1. The van der Waals surface area contributed by atoms with E-state index in [0.717, 1.165) is 0 Å². The number of rotatable bonds is 6. The number of aromatic hydroxyl groups is 1. The monoisotopic (exact) mass is 493 g/mol. The lowest BCUT2D eigenvalue weighted by Crippen LogP contribution is -2.30. The number of anilines is 1. The van der Waals surface area contributed by atoms with Gasteiger partial charge in [0, 0.05) is 10.7 Å². The maximum Gasteiger partial charge on any atom is 0.300 e. The molecule has 0 radical (unpaired) electrons. The van der Waals surface area contributed by atoms with Gasteiger partial charge in [0.15, 0.2) is 11.5 Å². The number of nitrogens with zero attached hydrogens (tertiary/aromatic N) is 1. The molecule has 1 heterocycles. The molecule has 0 bridgehead atoms. The maximum atomic E-state index is 13.4. The molecule has 1 amide bonds. The molecule has 1 unspecified atom stereocenters. The van der Waals surface area contributed by atoms with Crippen LogP contribution in [0.2, 0.25) is 5.02 Å². The fourth-order valence-corrected chi connectivity index (χ4v) is 4.38. The zero-order valence-corrected chi connectivity index (χ0v) is 20.2. The van der Waals surface area contributed by atoms with Gasteiger partial charge in [-0.3, -0.25) is 14.5 Å². The quantitative estimate of drug-likeness (QED) is 0.271. The molecule has 0 aromatic heterocycles. The number of hydrogen-bond donors (Lipinski definition) is 2. The first kappa shape index (κ1) is 24.2. The molecule has 2 N–H and O–H groups in total. The van der Waals surface area contributed by atoms with Crippen molar-refractivity contribution in [2.75, 3.05) is 18.6 Å². The molecule has 1 fully saturated rings. The lowest BCUT2D eigenvalue weighted by Gasteiger charge is -2.27. The molecule has 1 saturated heterocycles. The molecule has 1 aliphatic heterocycles. The number of carbonyl (C=O) groups excluding carboxylic acids is 2. The number of amides is 1. The standard InChI is InChI=1S/C27H24ClNO6/c1-4-35-22-14-16(12-13-20(22)30)24-23(25(31)17-8-5-6-11-21(17)34-3)26(32)27(33)29(24)19-10-7-9-18(28)15(19)2/h5-14,24,30-31H,4H2,1-3H3/b25-23+. The van der Waals surface area contributed by atoms with Gasteiger partial charge >= 0.3 is 0 Å². The second kappa shape index (κ2) is 9.72. The number of aliphatic hydroxyl groups excluding tert-OH is 1. The van der Waals surface area contributed by atoms with Gasteiger partial charge in [0.2, 0.25) is 0 Å². The van der Waals surface area contributed by atoms with Gasteiger partial charge < -0.3 is 19.7 Å². The minimum absolute atomic E-state index is 0.0868. The SMILES string of the molecule is CCOc1cc(C2/C(=C(\O)c3ccccc3OC)C(=O)C(=O)N2c2cccc(Cl)c2C)ccc1O. The zero-order valence-electron chi connectivity index (χ0n) is 19.4. The molecule has 0 spiro atoms. The number of benzene rings is 3. The number of hydrogen-bond acceptors (Lipinski definition) is 6. The Morgan fingerprint density at radius 1 is 1.06 bits per heavy atom. The van der Waals surface area contributed by atoms with Gasteiger partial charge in [-0.25, -0.2) is 0 Å². The van der Waals surface area contributed by atoms with Crippen LogP contribution in [0.1, 0.15) is 29.7 Å². The third-order valence-corrected chi connectivity index (χ3v) is 6.31. The van der Waals surface area contributed by atoms with Crippen molar-refractivity contribution in [2.45, 2.75) is 19.9 Å². The molecule has 1 atom stereocenters. The number of ketones is 1. The summed E-state index contributed by atoms with van der Waals surface area (Å²) in [7, 11) is 1.45. The van der Waals surface area contributed by atoms with Crippen LogP contribution >= 0.6 is 11.6 Å². The van der Waals surface area contributed by atoms with Crippen LogP contribution in [-0.4, -0.2) is 35.6 Å². The van der Waals surface area contributed by atoms with E-state index in [9.17, 15) is 19.8 Å². The van der Waals surface area contributed by atoms with Crippen molar-refractivity contribution in [1.29, 1.82) is 0 Å². The van der Waals surface area contributed by atoms with Crippen LogP contribution in [0.5, 0.6) is 17.2 Å². The highest BCUT2D eigenvalue weighted by molar-refractivity contribution is 6.52. The van der Waals surface area contributed by atoms with Gasteiger partial charge in [-0.2, -0.15) is 0 Å². The third kappa shape index (κ3) is 4.19. The van der Waals surface area contributed by atoms with E-state index < -0.39 is 17.7 Å². The highest BCUT2D eigenvalue weighted by Crippen LogP contribution is 2.46. The summed E-state index contributed by atoms with van der Waals surface area (Å²) in [6, 6.07) is 15.3. The van der Waals surface area contributed by atoms with E-state index in [1.54, 1.807) is 68.4 Å². The van der Waals surface area contributed by atoms with Gasteiger partial charge in [0.1, 0.15) is 11.5 Å². The Morgan fingerprint density at radius 2 is 1.80 bits per heavy atom. The topological polar surface area (TPSA) is 96.3 Å². The van der Waals surface area contributed by atoms with Crippen LogP contribution in [0, 0.1) is 6.92 Å². The second-order valence-corrected chi connectivity index (χ2v) is 8.32. The van der Waals surface area contributed by atoms with E-state index in [-0.39, 0.29) is 28.4 Å². The Bertz CT molecular complexity index is 1350. The predicted molar refractivity (Wildman–Crippen MR) is 133 cm³/mol. The number of phenols is 1. The van der Waals surface area contributed by atoms with Crippen LogP contribution in [0.25, 0.3) is 5.76 Å². The molecule has 3 aromatic rings. The van der Waals surface area contributed by atoms with E-state index >= 15 is 0 Å². The molecule has 7 nitrogen and oxygen atoms in total. The average Bonchev–Trinajstić information content (AvgIpc) is 3.12. The molecule has 4 rings (SSSR count). The fraction of sp³-hybridized carbons (Fsp3) is 0.185. The summed E-state index contributed by atoms with van der Waals surface area (Å²) in [6.07, 6.45) is 0. The van der Waals surface area contributed by atoms with E-state index in [1.165, 1.54) is 18.1 Å². The van der Waals surface area contributed by atoms with Crippen molar-refractivity contribution in [3.63, 3.8) is 0 Å². The van der Waals surface area contributed by atoms with E-state index in [4.69, 9.17) is 21.1 Å². The Balaban J connectivity index is 2.02. The van der Waals surface area contributed by atoms with Crippen molar-refractivity contribution < 1.29 is 29.3 Å². The zero-order chi connectivity index (χ0) is 25.3. The van der Waals surface area contributed by atoms with Crippen molar-refractivity contribution in [2.24, 2.45) is 0 Å². The lowest BCUT2D eigenvalue weighted by atomic mass is 9.94. The maximum absolute atomic E-state index is 13.4. The first-order valence-corrected chi connectivity index (χ1v) is 11.3. The molecular formula is C27H24ClNO6. The van der Waals surface area contributed by atoms with E-state index in [0.29, 0.717) is 34.2 Å². The van der Waals surface area contributed by atoms with Crippen molar-refractivity contribution in [3.05, 3.63) is 87.9 Å². The summed E-state index contributed by atoms with van der Waals surface area (Å²) in [5, 5.41) is 22.0. The van der Waals surface area contributed by atoms with Crippen molar-refractivity contribution in [1.82, 2.24) is 0 Å². The first-order valence-electron chi connectivity index (χ1n) is 10.9. The molecule has 3 aromatic carbocycles. The highest BCUT2D eigenvalue weighted by atomic mass is 35.5. The van der Waals surface area contributed by atoms with Gasteiger partial charge in [-0.15, -0.1) is 0 Å². The number of Topliss-reactive ketones (excluding diaryl/α,β-unsaturated/α-hetero) is 1. The number of carbonyl (C=O) groups is 2. The number of ether oxygens (including phenoxy) is 2. The summed E-state index contributed by atoms with van der Waals surface area (Å²) < 4.78 is 10.9. The molecule has 0 aliphatic carbocycles. The summed E-state index contributed by atoms with van der Waals surface area (Å²) in [5.74, 6) is -1.60. The lowest BCUT2D eigenvalue weighted by molar-refractivity contribution is -0.132. The minimum atomic E-state index is -1.02. The van der Waals surface area contributed by atoms with E-state index in [2.05, 4.69) is 0 Å². The fourth-order valence-electron chi connectivity index (χ4n) is 4.21. The van der Waals surface area contributed by atoms with Crippen LogP contribution in [0.3, 0.4) is 0 Å². The predicted octanol–water partition coefficient (Wildman–Crippen LogP) is 5.39. The number of aliphatic hydroxyl groups is 1. The Hall–Kier alpha value is -3.97. The van der Waals surface area contributed by atoms with Gasteiger partial charge in [-0.1, -0.05) is 35.9 Å². The van der Waals surface area contributed by atoms with Crippen molar-refractivity contribution >= 4 is 34.7 Å². The van der Waals surface area contributed by atoms with Crippen LogP contribution in [0.4, 0.5) is 5.69 Å². The van der Waals surface area contributed by atoms with E-state index in [1.807, 2.05) is 0 Å². The summed E-state index contributed by atoms with van der Waals surface area (Å²) in [6.45, 7) is 3.82. The largest absolute Gasteiger partial charge is 0.507 e. The summed E-state index contributed by atoms with van der Waals surface area (Å²) >= 11 is 6.34. The minimum Gasteiger partial charge on any atom is -0.507 e. The summed E-state index contributed by atoms with van der Waals surface area (Å²) in [4.78, 5) is 28.1. The molecule has 1 aliphatic rings. The second-order valence-electron chi connectivity index (χ2n) is 7.91. The van der Waals surface area contributed by atoms with Gasteiger partial charge in [0.05, 0.1) is 30.9 Å². The number of halogens is 1. The normalized spacial score (nSPS) is 17.0. The Kier molecular flexibility index (Phi) is 6.71. The van der Waals surface area contributed by atoms with Crippen LogP contribution in [0.15, 0.2) is 66.2 Å². The van der Waals surface area contributed by atoms with Gasteiger partial charge in [0.25, 0.3) is 11.7 Å². The third-order valence-electron chi connectivity index (χ3n) is 5.90. The number of methoxy groups -OCH3 is 1. The summed E-state index contributed by atoms with van der Waals surface area (Å²) in [5.41, 5.74) is 1.63. The smallest absolute Gasteiger partial charge is 0.300 e. The average molecular weight is 494 g/mol. The number of phenolic OH excluding ortho intramolecular Hbond substituents is 1.